The van der Waals surface area contributed by atoms with Gasteiger partial charge in [-0.3, -0.25) is 0 Å². The molecule has 0 saturated carbocycles. The summed E-state index contributed by atoms with van der Waals surface area (Å²) in [5, 5.41) is 44.2. The zero-order valence-electron chi connectivity index (χ0n) is 31.9. The van der Waals surface area contributed by atoms with Gasteiger partial charge in [0.1, 0.15) is 35.8 Å². The van der Waals surface area contributed by atoms with E-state index < -0.39 is 17.4 Å². The number of nitrogens with zero attached hydrogens (tertiary/aromatic N) is 4. The average molecular weight is 771 g/mol. The number of allylic oxidation sites excluding steroid dienone is 2. The van der Waals surface area contributed by atoms with Crippen LogP contribution in [0, 0.1) is 45.3 Å². The normalized spacial score (nSPS) is 10.3. The van der Waals surface area contributed by atoms with Crippen LogP contribution in [0.2, 0.25) is 0 Å². The molecule has 6 aromatic rings. The van der Waals surface area contributed by atoms with E-state index in [0.29, 0.717) is 56.5 Å². The summed E-state index contributed by atoms with van der Waals surface area (Å²) in [7, 11) is 0. The van der Waals surface area contributed by atoms with Crippen LogP contribution in [0.25, 0.3) is 11.4 Å². The van der Waals surface area contributed by atoms with E-state index >= 15 is 0 Å². The minimum Gasteiger partial charge on any atom is -0.423 e. The molecule has 0 unspecified atom stereocenters. The Morgan fingerprint density at radius 3 is 1.07 bits per heavy atom. The quantitative estimate of drug-likeness (QED) is 0.0693. The van der Waals surface area contributed by atoms with Gasteiger partial charge in [0.15, 0.2) is 11.1 Å². The van der Waals surface area contributed by atoms with Crippen LogP contribution in [-0.2, 0) is 5.41 Å². The molecule has 0 aliphatic rings. The number of nitrogens with one attached hydrogen (secondary N) is 2. The van der Waals surface area contributed by atoms with Crippen molar-refractivity contribution in [3.63, 3.8) is 0 Å². The first-order valence-corrected chi connectivity index (χ1v) is 18.2. The van der Waals surface area contributed by atoms with Gasteiger partial charge in [0.05, 0.1) is 22.5 Å². The summed E-state index contributed by atoms with van der Waals surface area (Å²) in [4.78, 5) is 26.0. The molecule has 0 atom stereocenters. The lowest BCUT2D eigenvalue weighted by Gasteiger charge is -2.26. The fourth-order valence-electron chi connectivity index (χ4n) is 6.09. The lowest BCUT2D eigenvalue weighted by Crippen LogP contribution is -2.19. The number of carbonyl (C=O) groups is 2. The first kappa shape index (κ1) is 40.0. The number of rotatable bonds is 12. The Kier molecular flexibility index (Phi) is 12.4. The summed E-state index contributed by atoms with van der Waals surface area (Å²) in [6, 6.07) is 53.4. The van der Waals surface area contributed by atoms with Gasteiger partial charge in [-0.15, -0.1) is 0 Å². The molecular formula is C49H34N6O4. The molecule has 0 aliphatic carbocycles. The van der Waals surface area contributed by atoms with Crippen LogP contribution in [0.4, 0.5) is 11.4 Å². The number of hydrogen-bond donors (Lipinski definition) is 2. The smallest absolute Gasteiger partial charge is 0.343 e. The zero-order valence-corrected chi connectivity index (χ0v) is 31.9. The third-order valence-electron chi connectivity index (χ3n) is 9.43. The molecule has 0 spiro atoms. The van der Waals surface area contributed by atoms with Crippen molar-refractivity contribution in [1.82, 2.24) is 0 Å². The van der Waals surface area contributed by atoms with E-state index in [0.717, 1.165) is 11.1 Å². The van der Waals surface area contributed by atoms with Crippen molar-refractivity contribution in [3.05, 3.63) is 202 Å². The van der Waals surface area contributed by atoms with E-state index in [-0.39, 0.29) is 11.1 Å². The Morgan fingerprint density at radius 2 is 0.763 bits per heavy atom. The van der Waals surface area contributed by atoms with Crippen molar-refractivity contribution in [2.24, 2.45) is 0 Å². The number of benzene rings is 6. The zero-order chi connectivity index (χ0) is 41.8. The maximum absolute atomic E-state index is 13.0. The third-order valence-corrected chi connectivity index (χ3v) is 9.43. The predicted octanol–water partition coefficient (Wildman–Crippen LogP) is 10.2. The highest BCUT2D eigenvalue weighted by Gasteiger charge is 2.24. The summed E-state index contributed by atoms with van der Waals surface area (Å²) >= 11 is 0. The second-order valence-corrected chi connectivity index (χ2v) is 13.5. The van der Waals surface area contributed by atoms with Crippen molar-refractivity contribution >= 4 is 34.7 Å². The molecule has 59 heavy (non-hydrogen) atoms. The Morgan fingerprint density at radius 1 is 0.441 bits per heavy atom. The van der Waals surface area contributed by atoms with E-state index in [4.69, 9.17) is 9.47 Å². The molecule has 0 fully saturated rings. The highest BCUT2D eigenvalue weighted by atomic mass is 16.5. The molecule has 0 aromatic heterocycles. The fourth-order valence-corrected chi connectivity index (χ4v) is 6.09. The van der Waals surface area contributed by atoms with E-state index in [9.17, 15) is 30.6 Å². The topological polar surface area (TPSA) is 172 Å². The lowest BCUT2D eigenvalue weighted by molar-refractivity contribution is 0.0725. The molecule has 10 heteroatoms. The lowest BCUT2D eigenvalue weighted by atomic mass is 9.78. The SMILES string of the molecule is CC(C)(c1ccc(OC(=O)c2ccc(NC(=C(C#N)C#N)c3ccccc3)cc2)cc1)c1ccc(OC(=O)c2ccc(NC(=C(C#N)C#N)c3ccccc3)cc2)cc1. The highest BCUT2D eigenvalue weighted by Crippen LogP contribution is 2.34. The van der Waals surface area contributed by atoms with Crippen LogP contribution in [0.3, 0.4) is 0 Å². The van der Waals surface area contributed by atoms with Crippen molar-refractivity contribution in [2.45, 2.75) is 19.3 Å². The largest absolute Gasteiger partial charge is 0.423 e. The van der Waals surface area contributed by atoms with Gasteiger partial charge in [-0.2, -0.15) is 21.0 Å². The molecule has 6 rings (SSSR count). The van der Waals surface area contributed by atoms with Gasteiger partial charge < -0.3 is 20.1 Å². The van der Waals surface area contributed by atoms with E-state index in [1.165, 1.54) is 0 Å². The Labute approximate surface area is 341 Å². The second kappa shape index (κ2) is 18.3. The number of esters is 2. The van der Waals surface area contributed by atoms with E-state index in [2.05, 4.69) is 24.5 Å². The molecule has 284 valence electrons. The minimum atomic E-state index is -0.547. The van der Waals surface area contributed by atoms with Crippen molar-refractivity contribution in [3.8, 4) is 35.8 Å². The Bertz CT molecular complexity index is 2490. The standard InChI is InChI=1S/C49H34N6O4/c1-49(2,39-17-25-43(26-18-39)58-47(56)35-13-21-41(22-14-35)54-45(37(29-50)30-51)33-9-5-3-6-10-33)40-19-27-44(28-20-40)59-48(57)36-15-23-42(24-16-36)55-46(38(31-52)32-53)34-11-7-4-8-12-34/h3-28,54-55H,1-2H3. The van der Waals surface area contributed by atoms with Gasteiger partial charge in [0.25, 0.3) is 0 Å². The highest BCUT2D eigenvalue weighted by molar-refractivity contribution is 5.93. The average Bonchev–Trinajstić information content (AvgIpc) is 3.28. The molecule has 2 N–H and O–H groups in total. The Balaban J connectivity index is 1.05. The summed E-state index contributed by atoms with van der Waals surface area (Å²) in [5.74, 6) is -0.359. The Hall–Kier alpha value is -8.70. The molecule has 6 aromatic carbocycles. The molecule has 0 amide bonds. The molecule has 0 radical (unpaired) electrons. The summed E-state index contributed by atoms with van der Waals surface area (Å²) in [6.45, 7) is 4.12. The summed E-state index contributed by atoms with van der Waals surface area (Å²) < 4.78 is 11.3. The maximum atomic E-state index is 13.0. The monoisotopic (exact) mass is 770 g/mol. The maximum Gasteiger partial charge on any atom is 0.343 e. The van der Waals surface area contributed by atoms with Crippen LogP contribution in [0.1, 0.15) is 56.8 Å². The van der Waals surface area contributed by atoms with Crippen LogP contribution in [0.5, 0.6) is 11.5 Å². The number of carbonyl (C=O) groups excluding carboxylic acids is 2. The molecule has 0 heterocycles. The van der Waals surface area contributed by atoms with Gasteiger partial charge in [0.2, 0.25) is 0 Å². The van der Waals surface area contributed by atoms with Crippen LogP contribution in [-0.4, -0.2) is 11.9 Å². The fraction of sp³-hybridized carbons (Fsp3) is 0.0612. The number of hydrogen-bond acceptors (Lipinski definition) is 10. The molecule has 0 aliphatic heterocycles. The van der Waals surface area contributed by atoms with Gasteiger partial charge in [-0.1, -0.05) is 98.8 Å². The predicted molar refractivity (Wildman–Crippen MR) is 224 cm³/mol. The van der Waals surface area contributed by atoms with Crippen molar-refractivity contribution in [1.29, 1.82) is 21.0 Å². The van der Waals surface area contributed by atoms with Gasteiger partial charge in [-0.25, -0.2) is 9.59 Å². The summed E-state index contributed by atoms with van der Waals surface area (Å²) in [5.41, 5.74) is 5.22. The van der Waals surface area contributed by atoms with Crippen LogP contribution >= 0.6 is 0 Å². The molecule has 10 nitrogen and oxygen atoms in total. The first-order valence-electron chi connectivity index (χ1n) is 18.2. The van der Waals surface area contributed by atoms with Crippen molar-refractivity contribution < 1.29 is 19.1 Å². The van der Waals surface area contributed by atoms with Crippen LogP contribution < -0.4 is 20.1 Å². The number of anilines is 2. The second-order valence-electron chi connectivity index (χ2n) is 13.5. The van der Waals surface area contributed by atoms with Gasteiger partial charge in [-0.05, 0) is 83.9 Å². The molecular weight excluding hydrogens is 737 g/mol. The minimum absolute atomic E-state index is 0.0683. The third kappa shape index (κ3) is 9.58. The number of nitriles is 4. The summed E-state index contributed by atoms with van der Waals surface area (Å²) in [6.07, 6.45) is 0. The van der Waals surface area contributed by atoms with Gasteiger partial charge in [0, 0.05) is 27.9 Å². The number of ether oxygens (including phenoxy) is 2. The van der Waals surface area contributed by atoms with E-state index in [1.807, 2.05) is 84.9 Å². The van der Waals surface area contributed by atoms with E-state index in [1.54, 1.807) is 97.1 Å². The first-order chi connectivity index (χ1) is 28.6. The molecule has 0 bridgehead atoms. The van der Waals surface area contributed by atoms with Crippen LogP contribution in [0.15, 0.2) is 169 Å². The van der Waals surface area contributed by atoms with Gasteiger partial charge >= 0.3 is 11.9 Å². The molecule has 0 saturated heterocycles. The van der Waals surface area contributed by atoms with Crippen molar-refractivity contribution in [2.75, 3.05) is 10.6 Å².